The van der Waals surface area contributed by atoms with Gasteiger partial charge in [0.05, 0.1) is 4.88 Å². The van der Waals surface area contributed by atoms with Crippen molar-refractivity contribution in [1.29, 1.82) is 5.41 Å². The lowest BCUT2D eigenvalue weighted by Crippen LogP contribution is -2.12. The van der Waals surface area contributed by atoms with Crippen LogP contribution in [0.2, 0.25) is 0 Å². The second-order valence-corrected chi connectivity index (χ2v) is 5.50. The molecule has 0 fully saturated rings. The maximum atomic E-state index is 11.9. The van der Waals surface area contributed by atoms with E-state index in [1.807, 2.05) is 5.38 Å². The third kappa shape index (κ3) is 2.20. The fourth-order valence-electron chi connectivity index (χ4n) is 1.48. The first-order valence-electron chi connectivity index (χ1n) is 5.19. The monoisotopic (exact) mass is 292 g/mol. The topological polar surface area (TPSA) is 109 Å². The van der Waals surface area contributed by atoms with Crippen molar-refractivity contribution in [2.45, 2.75) is 0 Å². The van der Waals surface area contributed by atoms with Gasteiger partial charge in [-0.25, -0.2) is 0 Å². The van der Waals surface area contributed by atoms with Gasteiger partial charge in [-0.05, 0) is 11.4 Å². The predicted octanol–water partition coefficient (Wildman–Crippen LogP) is 1.17. The molecule has 0 saturated heterocycles. The molecule has 1 amide bonds. The van der Waals surface area contributed by atoms with Crippen LogP contribution < -0.4 is 16.5 Å². The summed E-state index contributed by atoms with van der Waals surface area (Å²) in [6.45, 7) is 0. The smallest absolute Gasteiger partial charge is 0.267 e. The van der Waals surface area contributed by atoms with Crippen molar-refractivity contribution < 1.29 is 4.79 Å². The summed E-state index contributed by atoms with van der Waals surface area (Å²) in [7, 11) is 0. The molecule has 7 nitrogen and oxygen atoms in total. The Morgan fingerprint density at radius 1 is 1.53 bits per heavy atom. The Morgan fingerprint density at radius 3 is 3.11 bits per heavy atom. The summed E-state index contributed by atoms with van der Waals surface area (Å²) < 4.78 is 1.40. The molecule has 0 aliphatic heterocycles. The van der Waals surface area contributed by atoms with Gasteiger partial charge >= 0.3 is 0 Å². The molecule has 4 N–H and O–H groups in total. The molecular formula is C10H8N6OS2. The molecule has 0 aliphatic rings. The van der Waals surface area contributed by atoms with E-state index in [-0.39, 0.29) is 11.4 Å². The molecule has 0 radical (unpaired) electrons. The fourth-order valence-corrected chi connectivity index (χ4v) is 2.91. The van der Waals surface area contributed by atoms with Crippen molar-refractivity contribution in [3.63, 3.8) is 0 Å². The first-order chi connectivity index (χ1) is 9.13. The van der Waals surface area contributed by atoms with Crippen LogP contribution in [-0.2, 0) is 0 Å². The van der Waals surface area contributed by atoms with Gasteiger partial charge < -0.3 is 5.73 Å². The van der Waals surface area contributed by atoms with E-state index in [1.165, 1.54) is 21.9 Å². The lowest BCUT2D eigenvalue weighted by atomic mass is 10.4. The Bertz CT molecular complexity index is 803. The Kier molecular flexibility index (Phi) is 2.76. The number of aromatic nitrogens is 3. The molecule has 96 valence electrons. The van der Waals surface area contributed by atoms with Gasteiger partial charge in [-0.1, -0.05) is 17.4 Å². The van der Waals surface area contributed by atoms with Gasteiger partial charge in [0.1, 0.15) is 5.82 Å². The van der Waals surface area contributed by atoms with Crippen LogP contribution in [0, 0.1) is 5.41 Å². The number of hydrogen-bond donors (Lipinski definition) is 3. The summed E-state index contributed by atoms with van der Waals surface area (Å²) in [4.78, 5) is 16.9. The fraction of sp³-hybridized carbons (Fsp3) is 0. The van der Waals surface area contributed by atoms with E-state index in [0.717, 1.165) is 11.3 Å². The third-order valence-corrected chi connectivity index (χ3v) is 3.96. The van der Waals surface area contributed by atoms with Crippen molar-refractivity contribution in [3.8, 4) is 0 Å². The minimum Gasteiger partial charge on any atom is -0.383 e. The summed E-state index contributed by atoms with van der Waals surface area (Å²) in [5.74, 6) is 0.0854. The second-order valence-electron chi connectivity index (χ2n) is 3.60. The summed E-state index contributed by atoms with van der Waals surface area (Å²) in [6, 6.07) is 4.94. The number of carbonyl (C=O) groups excluding carboxylic acids is 1. The molecule has 3 aromatic rings. The molecular weight excluding hydrogens is 284 g/mol. The van der Waals surface area contributed by atoms with Gasteiger partial charge in [0, 0.05) is 6.07 Å². The van der Waals surface area contributed by atoms with E-state index in [2.05, 4.69) is 15.4 Å². The zero-order chi connectivity index (χ0) is 13.4. The first kappa shape index (κ1) is 11.8. The zero-order valence-electron chi connectivity index (χ0n) is 9.45. The van der Waals surface area contributed by atoms with Crippen LogP contribution in [0.3, 0.4) is 0 Å². The Hall–Kier alpha value is -2.26. The van der Waals surface area contributed by atoms with E-state index in [4.69, 9.17) is 11.1 Å². The number of hydrogen-bond acceptors (Lipinski definition) is 7. The molecule has 9 heteroatoms. The van der Waals surface area contributed by atoms with Gasteiger partial charge in [-0.2, -0.15) is 9.50 Å². The number of nitrogen functional groups attached to an aromatic ring is 1. The van der Waals surface area contributed by atoms with Crippen LogP contribution in [0.4, 0.5) is 10.9 Å². The highest BCUT2D eigenvalue weighted by atomic mass is 32.1. The molecule has 0 aromatic carbocycles. The number of amides is 1. The number of anilines is 2. The van der Waals surface area contributed by atoms with Crippen LogP contribution in [0.15, 0.2) is 23.6 Å². The van der Waals surface area contributed by atoms with Crippen molar-refractivity contribution in [2.24, 2.45) is 0 Å². The van der Waals surface area contributed by atoms with Gasteiger partial charge in [-0.3, -0.25) is 15.5 Å². The Morgan fingerprint density at radius 2 is 2.37 bits per heavy atom. The first-order valence-corrected chi connectivity index (χ1v) is 6.89. The van der Waals surface area contributed by atoms with Crippen molar-refractivity contribution in [1.82, 2.24) is 14.6 Å². The normalized spacial score (nSPS) is 10.7. The third-order valence-electron chi connectivity index (χ3n) is 2.27. The van der Waals surface area contributed by atoms with E-state index >= 15 is 0 Å². The van der Waals surface area contributed by atoms with Gasteiger partial charge in [0.2, 0.25) is 10.1 Å². The highest BCUT2D eigenvalue weighted by molar-refractivity contribution is 7.20. The second kappa shape index (κ2) is 4.44. The van der Waals surface area contributed by atoms with E-state index in [0.29, 0.717) is 20.8 Å². The highest BCUT2D eigenvalue weighted by Gasteiger charge is 2.12. The Labute approximate surface area is 114 Å². The minimum atomic E-state index is -0.223. The highest BCUT2D eigenvalue weighted by Crippen LogP contribution is 2.20. The number of fused-ring (bicyclic) bond motifs is 1. The summed E-state index contributed by atoms with van der Waals surface area (Å²) in [5, 5.41) is 16.5. The molecule has 0 atom stereocenters. The molecule has 0 aliphatic carbocycles. The Balaban J connectivity index is 1.96. The lowest BCUT2D eigenvalue weighted by molar-refractivity contribution is 0.103. The molecule has 3 heterocycles. The lowest BCUT2D eigenvalue weighted by Gasteiger charge is -1.97. The van der Waals surface area contributed by atoms with Crippen LogP contribution in [0.5, 0.6) is 0 Å². The number of nitrogens with zero attached hydrogens (tertiary/aromatic N) is 3. The summed E-state index contributed by atoms with van der Waals surface area (Å²) in [6.07, 6.45) is 0. The van der Waals surface area contributed by atoms with Crippen molar-refractivity contribution >= 4 is 44.5 Å². The average molecular weight is 292 g/mol. The molecule has 3 rings (SSSR count). The van der Waals surface area contributed by atoms with Crippen LogP contribution in [-0.4, -0.2) is 20.5 Å². The molecule has 0 unspecified atom stereocenters. The number of nitrogens with one attached hydrogen (secondary N) is 2. The number of carbonyl (C=O) groups is 1. The van der Waals surface area contributed by atoms with Crippen LogP contribution >= 0.6 is 22.7 Å². The summed E-state index contributed by atoms with van der Waals surface area (Å²) >= 11 is 2.52. The predicted molar refractivity (Wildman–Crippen MR) is 73.4 cm³/mol. The van der Waals surface area contributed by atoms with Crippen molar-refractivity contribution in [2.75, 3.05) is 11.1 Å². The quantitative estimate of drug-likeness (QED) is 0.658. The number of thiophene rings is 1. The van der Waals surface area contributed by atoms with E-state index < -0.39 is 0 Å². The van der Waals surface area contributed by atoms with Crippen LogP contribution in [0.1, 0.15) is 9.67 Å². The van der Waals surface area contributed by atoms with Gasteiger partial charge in [0.25, 0.3) is 5.91 Å². The SMILES string of the molecule is N=c1cc(N)n2nc(NC(=O)c3cccs3)sc2n1. The van der Waals surface area contributed by atoms with E-state index in [9.17, 15) is 4.79 Å². The number of rotatable bonds is 2. The average Bonchev–Trinajstić information content (AvgIpc) is 2.96. The zero-order valence-corrected chi connectivity index (χ0v) is 11.1. The molecule has 0 saturated carbocycles. The molecule has 19 heavy (non-hydrogen) atoms. The van der Waals surface area contributed by atoms with Crippen LogP contribution in [0.25, 0.3) is 4.96 Å². The molecule has 0 spiro atoms. The standard InChI is InChI=1S/C10H8N6OS2/c11-6-4-7(12)16-10(13-6)19-9(15-16)14-8(17)5-2-1-3-18-5/h1-4,11H,12H2,(H,14,15,17). The molecule has 3 aromatic heterocycles. The maximum absolute atomic E-state index is 11.9. The minimum absolute atomic E-state index is 0.0669. The van der Waals surface area contributed by atoms with Gasteiger partial charge in [0.15, 0.2) is 5.49 Å². The van der Waals surface area contributed by atoms with E-state index in [1.54, 1.807) is 12.1 Å². The van der Waals surface area contributed by atoms with Gasteiger partial charge in [-0.15, -0.1) is 16.4 Å². The maximum Gasteiger partial charge on any atom is 0.267 e. The van der Waals surface area contributed by atoms with Crippen molar-refractivity contribution in [3.05, 3.63) is 33.9 Å². The summed E-state index contributed by atoms with van der Waals surface area (Å²) in [5.41, 5.74) is 5.80. The number of nitrogens with two attached hydrogens (primary N) is 1. The molecule has 0 bridgehead atoms. The largest absolute Gasteiger partial charge is 0.383 e.